The summed E-state index contributed by atoms with van der Waals surface area (Å²) in [4.78, 5) is 0. The molecule has 0 bridgehead atoms. The van der Waals surface area contributed by atoms with Crippen molar-refractivity contribution in [3.05, 3.63) is 0 Å². The molecule has 5 aliphatic carbocycles. The molecular formula is C46H76O18. The fourth-order valence-corrected chi connectivity index (χ4v) is 16.0. The number of aliphatic hydroxyl groups excluding tert-OH is 10. The van der Waals surface area contributed by atoms with Crippen molar-refractivity contribution >= 4 is 0 Å². The predicted molar refractivity (Wildman–Crippen MR) is 220 cm³/mol. The van der Waals surface area contributed by atoms with E-state index in [2.05, 4.69) is 34.6 Å². The van der Waals surface area contributed by atoms with Gasteiger partial charge in [0.05, 0.1) is 55.4 Å². The Kier molecular flexibility index (Phi) is 12.2. The lowest BCUT2D eigenvalue weighted by Gasteiger charge is -2.64. The van der Waals surface area contributed by atoms with E-state index in [0.717, 1.165) is 25.7 Å². The Balaban J connectivity index is 0.990. The third kappa shape index (κ3) is 7.01. The Hall–Kier alpha value is -0.720. The molecule has 9 aliphatic rings. The predicted octanol–water partition coefficient (Wildman–Crippen LogP) is -0.813. The number of hydrogen-bond acceptors (Lipinski definition) is 18. The van der Waals surface area contributed by atoms with Gasteiger partial charge in [0.1, 0.15) is 61.0 Å². The Labute approximate surface area is 375 Å². The first-order valence-corrected chi connectivity index (χ1v) is 23.8. The van der Waals surface area contributed by atoms with Crippen molar-refractivity contribution in [1.29, 1.82) is 0 Å². The number of rotatable bonds is 9. The second-order valence-corrected chi connectivity index (χ2v) is 23.4. The molecule has 11 N–H and O–H groups in total. The molecule has 64 heavy (non-hydrogen) atoms. The van der Waals surface area contributed by atoms with Gasteiger partial charge in [-0.3, -0.25) is 0 Å². The van der Waals surface area contributed by atoms with Gasteiger partial charge >= 0.3 is 0 Å². The zero-order valence-electron chi connectivity index (χ0n) is 38.3. The molecule has 9 fully saturated rings. The maximum absolute atomic E-state index is 12.7. The normalized spacial score (nSPS) is 58.2. The van der Waals surface area contributed by atoms with Crippen molar-refractivity contribution in [3.8, 4) is 0 Å². The van der Waals surface area contributed by atoms with E-state index in [1.807, 2.05) is 0 Å². The summed E-state index contributed by atoms with van der Waals surface area (Å²) in [6.07, 6.45) is -14.3. The third-order valence-corrected chi connectivity index (χ3v) is 19.3. The summed E-state index contributed by atoms with van der Waals surface area (Å²) >= 11 is 0. The Morgan fingerprint density at radius 3 is 1.94 bits per heavy atom. The lowest BCUT2D eigenvalue weighted by atomic mass is 9.41. The molecule has 18 heteroatoms. The molecule has 0 radical (unpaired) electrons. The van der Waals surface area contributed by atoms with E-state index in [4.69, 9.17) is 33.2 Å². The SMILES string of the molecule is CC(C)(O)[C@@H]1CC[C@](C)([C@H]2[C@@H](O[C@@H]3O[C@H](CO)[C@@H](O)[C@H](O)[C@H]3O)C[C@@]3(C)[C@@H]4C[C@H](O)[C@H]5C(C)(C)[C@@H](O[C@@H]6OC[C@@H](O)[C@H](O)[C@H]6O[C@@H]6OC[C@H](O)[C@H](O)[C@H]6O)CC[C@@]56C[C@@]46CC[C@]23C)O1. The molecule has 368 valence electrons. The van der Waals surface area contributed by atoms with Gasteiger partial charge < -0.3 is 89.3 Å². The maximum atomic E-state index is 12.7. The highest BCUT2D eigenvalue weighted by molar-refractivity contribution is 5.33. The average molecular weight is 917 g/mol. The second kappa shape index (κ2) is 16.2. The minimum Gasteiger partial charge on any atom is -0.394 e. The van der Waals surface area contributed by atoms with Crippen LogP contribution in [0.5, 0.6) is 0 Å². The Morgan fingerprint density at radius 2 is 1.28 bits per heavy atom. The van der Waals surface area contributed by atoms with Gasteiger partial charge in [-0.2, -0.15) is 0 Å². The number of aliphatic hydroxyl groups is 11. The van der Waals surface area contributed by atoms with Crippen LogP contribution >= 0.6 is 0 Å². The van der Waals surface area contributed by atoms with Gasteiger partial charge in [0.15, 0.2) is 18.9 Å². The van der Waals surface area contributed by atoms with Crippen LogP contribution in [0.2, 0.25) is 0 Å². The smallest absolute Gasteiger partial charge is 0.186 e. The molecule has 0 aromatic rings. The fraction of sp³-hybridized carbons (Fsp3) is 1.00. The van der Waals surface area contributed by atoms with Crippen LogP contribution < -0.4 is 0 Å². The van der Waals surface area contributed by atoms with Crippen molar-refractivity contribution < 1.29 is 89.3 Å². The van der Waals surface area contributed by atoms with E-state index in [-0.39, 0.29) is 41.8 Å². The molecule has 0 aromatic heterocycles. The van der Waals surface area contributed by atoms with Gasteiger partial charge in [-0.15, -0.1) is 0 Å². The molecule has 4 heterocycles. The van der Waals surface area contributed by atoms with Crippen LogP contribution in [0.3, 0.4) is 0 Å². The summed E-state index contributed by atoms with van der Waals surface area (Å²) in [7, 11) is 0. The van der Waals surface area contributed by atoms with Crippen LogP contribution in [0.25, 0.3) is 0 Å². The Bertz CT molecular complexity index is 1710. The number of fused-ring (bicyclic) bond motifs is 2. The zero-order valence-corrected chi connectivity index (χ0v) is 38.3. The van der Waals surface area contributed by atoms with Gasteiger partial charge in [-0.25, -0.2) is 0 Å². The molecule has 0 aromatic carbocycles. The molecule has 9 rings (SSSR count). The van der Waals surface area contributed by atoms with Crippen LogP contribution in [0, 0.1) is 44.8 Å². The van der Waals surface area contributed by atoms with Crippen LogP contribution in [-0.2, 0) is 33.2 Å². The molecule has 5 saturated carbocycles. The summed E-state index contributed by atoms with van der Waals surface area (Å²) in [5, 5.41) is 119. The van der Waals surface area contributed by atoms with E-state index in [9.17, 15) is 56.2 Å². The molecular weight excluding hydrogens is 840 g/mol. The monoisotopic (exact) mass is 917 g/mol. The van der Waals surface area contributed by atoms with E-state index in [1.165, 1.54) is 0 Å². The molecule has 0 unspecified atom stereocenters. The average Bonchev–Trinajstić information content (AvgIpc) is 3.56. The topological polar surface area (TPSA) is 287 Å². The summed E-state index contributed by atoms with van der Waals surface area (Å²) in [6.45, 7) is 13.3. The van der Waals surface area contributed by atoms with Crippen molar-refractivity contribution in [3.63, 3.8) is 0 Å². The maximum Gasteiger partial charge on any atom is 0.186 e. The standard InChI is InChI=1S/C46H76O18/c1-40(2)26(62-39-34(29(52)22(50)18-59-39)63-37-32(55)28(51)21(49)17-58-37)9-11-46-19-45(46)13-12-42(5)36(44(7)10-8-27(64-44)41(3,4)57)23(15-43(42,6)25(45)14-20(48)35(40)46)60-38-33(56)31(54)30(53)24(16-47)61-38/h20-39,47-57H,8-19H2,1-7H3/t20-,21-,22+,23-,24+,25-,26-,27-,28-,29-,30+,31-,32+,33+,34+,35-,36-,37-,38+,39-,42+,43-,44+,45-,46+/m0/s1. The van der Waals surface area contributed by atoms with Gasteiger partial charge in [0.25, 0.3) is 0 Å². The van der Waals surface area contributed by atoms with Crippen molar-refractivity contribution in [2.45, 2.75) is 222 Å². The van der Waals surface area contributed by atoms with Crippen molar-refractivity contribution in [2.24, 2.45) is 44.8 Å². The lowest BCUT2D eigenvalue weighted by Crippen LogP contribution is -2.64. The highest BCUT2D eigenvalue weighted by Gasteiger charge is 2.85. The van der Waals surface area contributed by atoms with Crippen LogP contribution in [-0.4, -0.2) is 192 Å². The fourth-order valence-electron chi connectivity index (χ4n) is 16.0. The molecule has 4 aliphatic heterocycles. The van der Waals surface area contributed by atoms with E-state index >= 15 is 0 Å². The quantitative estimate of drug-likeness (QED) is 0.126. The summed E-state index contributed by atoms with van der Waals surface area (Å²) in [5.74, 6) is -0.380. The molecule has 25 atom stereocenters. The first-order valence-electron chi connectivity index (χ1n) is 23.8. The lowest BCUT2D eigenvalue weighted by molar-refractivity contribution is -0.356. The number of hydrogen-bond donors (Lipinski definition) is 11. The van der Waals surface area contributed by atoms with E-state index in [0.29, 0.717) is 32.1 Å². The third-order valence-electron chi connectivity index (χ3n) is 19.3. The minimum atomic E-state index is -1.64. The first kappa shape index (κ1) is 48.3. The molecule has 18 nitrogen and oxygen atoms in total. The van der Waals surface area contributed by atoms with Crippen molar-refractivity contribution in [1.82, 2.24) is 0 Å². The van der Waals surface area contributed by atoms with Gasteiger partial charge in [0.2, 0.25) is 0 Å². The van der Waals surface area contributed by atoms with Crippen LogP contribution in [0.1, 0.15) is 106 Å². The van der Waals surface area contributed by atoms with Gasteiger partial charge in [-0.05, 0) is 117 Å². The van der Waals surface area contributed by atoms with Gasteiger partial charge in [0, 0.05) is 5.92 Å². The summed E-state index contributed by atoms with van der Waals surface area (Å²) in [6, 6.07) is 0. The first-order chi connectivity index (χ1) is 29.8. The minimum absolute atomic E-state index is 0.0612. The largest absolute Gasteiger partial charge is 0.394 e. The van der Waals surface area contributed by atoms with Crippen molar-refractivity contribution in [2.75, 3.05) is 19.8 Å². The number of ether oxygens (including phenoxy) is 7. The molecule has 2 spiro atoms. The van der Waals surface area contributed by atoms with Crippen LogP contribution in [0.4, 0.5) is 0 Å². The highest BCUT2D eigenvalue weighted by atomic mass is 16.8. The summed E-state index contributed by atoms with van der Waals surface area (Å²) in [5.41, 5.74) is -3.65. The van der Waals surface area contributed by atoms with E-state index < -0.39 is 138 Å². The summed E-state index contributed by atoms with van der Waals surface area (Å²) < 4.78 is 43.9. The molecule has 0 amide bonds. The van der Waals surface area contributed by atoms with E-state index in [1.54, 1.807) is 13.8 Å². The zero-order chi connectivity index (χ0) is 46.5. The van der Waals surface area contributed by atoms with Crippen LogP contribution in [0.15, 0.2) is 0 Å². The molecule has 4 saturated heterocycles. The van der Waals surface area contributed by atoms with Gasteiger partial charge in [-0.1, -0.05) is 27.7 Å². The Morgan fingerprint density at radius 1 is 0.625 bits per heavy atom. The second-order valence-electron chi connectivity index (χ2n) is 23.4. The highest BCUT2D eigenvalue weighted by Crippen LogP contribution is 2.89.